The number of thioether (sulfide) groups is 1. The average molecular weight is 499 g/mol. The number of benzene rings is 3. The van der Waals surface area contributed by atoms with Gasteiger partial charge in [-0.15, -0.1) is 10.2 Å². The SMILES string of the molecule is O=C(O)/C(=C/c1ccc(OCc2ccc(Cl)cc2)cc1)Sc1nnc(-c2ccc(Cl)cc2)o1. The molecule has 1 heterocycles. The molecule has 0 atom stereocenters. The molecule has 0 saturated carbocycles. The molecule has 0 aliphatic heterocycles. The third-order valence-corrected chi connectivity index (χ3v) is 5.76. The van der Waals surface area contributed by atoms with Gasteiger partial charge in [0.1, 0.15) is 17.3 Å². The van der Waals surface area contributed by atoms with Crippen molar-refractivity contribution in [2.24, 2.45) is 0 Å². The first-order chi connectivity index (χ1) is 16.0. The standard InChI is InChI=1S/C24H16Cl2N2O4S/c25-18-7-1-16(2-8-18)14-31-20-11-3-15(4-12-20)13-21(23(29)30)33-24-28-27-22(32-24)17-5-9-19(26)10-6-17/h1-13H,14H2,(H,29,30)/b21-13-. The molecule has 0 spiro atoms. The predicted molar refractivity (Wildman–Crippen MR) is 128 cm³/mol. The third kappa shape index (κ3) is 6.38. The molecule has 33 heavy (non-hydrogen) atoms. The second-order valence-corrected chi connectivity index (χ2v) is 8.65. The van der Waals surface area contributed by atoms with E-state index in [1.807, 2.05) is 12.1 Å². The lowest BCUT2D eigenvalue weighted by atomic mass is 10.2. The molecule has 4 aromatic rings. The number of aromatic nitrogens is 2. The Hall–Kier alpha value is -3.26. The maximum Gasteiger partial charge on any atom is 0.342 e. The second-order valence-electron chi connectivity index (χ2n) is 6.78. The summed E-state index contributed by atoms with van der Waals surface area (Å²) in [5.41, 5.74) is 2.37. The van der Waals surface area contributed by atoms with Gasteiger partial charge in [-0.1, -0.05) is 47.5 Å². The number of hydrogen-bond acceptors (Lipinski definition) is 6. The highest BCUT2D eigenvalue weighted by molar-refractivity contribution is 8.03. The summed E-state index contributed by atoms with van der Waals surface area (Å²) in [5, 5.41) is 18.9. The lowest BCUT2D eigenvalue weighted by molar-refractivity contribution is -0.131. The van der Waals surface area contributed by atoms with E-state index >= 15 is 0 Å². The number of hydrogen-bond donors (Lipinski definition) is 1. The number of carboxylic acid groups (broad SMARTS) is 1. The fourth-order valence-corrected chi connectivity index (χ4v) is 3.67. The number of ether oxygens (including phenoxy) is 1. The van der Waals surface area contributed by atoms with Crippen LogP contribution >= 0.6 is 35.0 Å². The zero-order valence-electron chi connectivity index (χ0n) is 16.9. The van der Waals surface area contributed by atoms with E-state index < -0.39 is 5.97 Å². The van der Waals surface area contributed by atoms with E-state index in [1.54, 1.807) is 60.7 Å². The van der Waals surface area contributed by atoms with Crippen LogP contribution in [0.1, 0.15) is 11.1 Å². The van der Waals surface area contributed by atoms with Crippen molar-refractivity contribution < 1.29 is 19.1 Å². The highest BCUT2D eigenvalue weighted by atomic mass is 35.5. The number of halogens is 2. The Balaban J connectivity index is 1.43. The van der Waals surface area contributed by atoms with Crippen molar-refractivity contribution in [2.45, 2.75) is 11.8 Å². The number of carboxylic acids is 1. The molecule has 1 aromatic heterocycles. The summed E-state index contributed by atoms with van der Waals surface area (Å²) in [6.07, 6.45) is 1.53. The molecule has 1 N–H and O–H groups in total. The first kappa shape index (κ1) is 22.9. The van der Waals surface area contributed by atoms with Crippen LogP contribution in [-0.2, 0) is 11.4 Å². The lowest BCUT2D eigenvalue weighted by Gasteiger charge is -2.07. The summed E-state index contributed by atoms with van der Waals surface area (Å²) in [6, 6.07) is 21.4. The van der Waals surface area contributed by atoms with Gasteiger partial charge >= 0.3 is 5.97 Å². The smallest absolute Gasteiger partial charge is 0.342 e. The van der Waals surface area contributed by atoms with E-state index in [2.05, 4.69) is 10.2 Å². The van der Waals surface area contributed by atoms with Crippen molar-refractivity contribution >= 4 is 47.0 Å². The largest absolute Gasteiger partial charge is 0.489 e. The molecule has 3 aromatic carbocycles. The highest BCUT2D eigenvalue weighted by Crippen LogP contribution is 2.30. The molecule has 0 saturated heterocycles. The van der Waals surface area contributed by atoms with Gasteiger partial charge in [0.2, 0.25) is 5.89 Å². The Labute approximate surface area is 203 Å². The summed E-state index contributed by atoms with van der Waals surface area (Å²) in [5.74, 6) is -0.161. The quantitative estimate of drug-likeness (QED) is 0.210. The van der Waals surface area contributed by atoms with Crippen LogP contribution in [0.5, 0.6) is 5.75 Å². The number of carbonyl (C=O) groups is 1. The molecule has 0 unspecified atom stereocenters. The topological polar surface area (TPSA) is 85.5 Å². The van der Waals surface area contributed by atoms with Crippen LogP contribution < -0.4 is 4.74 Å². The number of aliphatic carboxylic acids is 1. The third-order valence-electron chi connectivity index (χ3n) is 4.40. The van der Waals surface area contributed by atoms with Crippen LogP contribution in [0.15, 0.2) is 87.3 Å². The van der Waals surface area contributed by atoms with Crippen molar-refractivity contribution in [1.29, 1.82) is 0 Å². The summed E-state index contributed by atoms with van der Waals surface area (Å²) in [6.45, 7) is 0.399. The first-order valence-electron chi connectivity index (χ1n) is 9.66. The van der Waals surface area contributed by atoms with Crippen LogP contribution in [0.3, 0.4) is 0 Å². The molecule has 0 radical (unpaired) electrons. The van der Waals surface area contributed by atoms with Gasteiger partial charge in [-0.25, -0.2) is 4.79 Å². The van der Waals surface area contributed by atoms with Gasteiger partial charge < -0.3 is 14.3 Å². The van der Waals surface area contributed by atoms with E-state index in [4.69, 9.17) is 32.4 Å². The highest BCUT2D eigenvalue weighted by Gasteiger charge is 2.16. The van der Waals surface area contributed by atoms with Crippen LogP contribution in [0, 0.1) is 0 Å². The molecule has 6 nitrogen and oxygen atoms in total. The van der Waals surface area contributed by atoms with Gasteiger partial charge in [0, 0.05) is 15.6 Å². The Bertz CT molecular complexity index is 1270. The number of nitrogens with zero attached hydrogens (tertiary/aromatic N) is 2. The van der Waals surface area contributed by atoms with Crippen molar-refractivity contribution in [3.63, 3.8) is 0 Å². The summed E-state index contributed by atoms with van der Waals surface area (Å²) in [7, 11) is 0. The molecule has 166 valence electrons. The fraction of sp³-hybridized carbons (Fsp3) is 0.0417. The molecule has 9 heteroatoms. The van der Waals surface area contributed by atoms with Crippen LogP contribution in [-0.4, -0.2) is 21.3 Å². The van der Waals surface area contributed by atoms with Crippen LogP contribution in [0.2, 0.25) is 10.0 Å². The maximum absolute atomic E-state index is 11.7. The van der Waals surface area contributed by atoms with E-state index in [9.17, 15) is 9.90 Å². The van der Waals surface area contributed by atoms with Gasteiger partial charge in [0.15, 0.2) is 0 Å². The van der Waals surface area contributed by atoms with E-state index in [-0.39, 0.29) is 16.0 Å². The normalized spacial score (nSPS) is 11.4. The predicted octanol–water partition coefficient (Wildman–Crippen LogP) is 6.84. The zero-order valence-corrected chi connectivity index (χ0v) is 19.3. The van der Waals surface area contributed by atoms with Gasteiger partial charge in [0.05, 0.1) is 0 Å². The Morgan fingerprint density at radius 1 is 0.939 bits per heavy atom. The minimum Gasteiger partial charge on any atom is -0.489 e. The second kappa shape index (κ2) is 10.6. The van der Waals surface area contributed by atoms with Crippen molar-refractivity contribution in [2.75, 3.05) is 0 Å². The van der Waals surface area contributed by atoms with Crippen molar-refractivity contribution in [3.8, 4) is 17.2 Å². The van der Waals surface area contributed by atoms with E-state index in [0.717, 1.165) is 17.3 Å². The number of rotatable bonds is 8. The minimum absolute atomic E-state index is 0.0381. The van der Waals surface area contributed by atoms with Crippen molar-refractivity contribution in [1.82, 2.24) is 10.2 Å². The molecule has 0 amide bonds. The molecule has 4 rings (SSSR count). The first-order valence-corrected chi connectivity index (χ1v) is 11.2. The monoisotopic (exact) mass is 498 g/mol. The van der Waals surface area contributed by atoms with Crippen LogP contribution in [0.4, 0.5) is 0 Å². The molecular weight excluding hydrogens is 483 g/mol. The average Bonchev–Trinajstić information content (AvgIpc) is 3.28. The molecular formula is C24H16Cl2N2O4S. The lowest BCUT2D eigenvalue weighted by Crippen LogP contribution is -1.97. The van der Waals surface area contributed by atoms with E-state index in [0.29, 0.717) is 33.5 Å². The summed E-state index contributed by atoms with van der Waals surface area (Å²) in [4.78, 5) is 11.8. The van der Waals surface area contributed by atoms with E-state index in [1.165, 1.54) is 6.08 Å². The fourth-order valence-electron chi connectivity index (χ4n) is 2.75. The molecule has 0 aliphatic carbocycles. The molecule has 0 fully saturated rings. The van der Waals surface area contributed by atoms with Gasteiger partial charge in [0.25, 0.3) is 5.22 Å². The van der Waals surface area contributed by atoms with Crippen molar-refractivity contribution in [3.05, 3.63) is 98.9 Å². The van der Waals surface area contributed by atoms with Crippen LogP contribution in [0.25, 0.3) is 17.5 Å². The van der Waals surface area contributed by atoms with Gasteiger partial charge in [-0.3, -0.25) is 0 Å². The minimum atomic E-state index is -1.10. The molecule has 0 aliphatic rings. The Morgan fingerprint density at radius 2 is 1.58 bits per heavy atom. The van der Waals surface area contributed by atoms with Gasteiger partial charge in [-0.2, -0.15) is 0 Å². The summed E-state index contributed by atoms with van der Waals surface area (Å²) < 4.78 is 11.4. The summed E-state index contributed by atoms with van der Waals surface area (Å²) >= 11 is 12.7. The Morgan fingerprint density at radius 3 is 2.21 bits per heavy atom. The molecule has 0 bridgehead atoms. The zero-order chi connectivity index (χ0) is 23.2. The van der Waals surface area contributed by atoms with Gasteiger partial charge in [-0.05, 0) is 77.5 Å². The Kier molecular flexibility index (Phi) is 7.34. The maximum atomic E-state index is 11.7.